The maximum absolute atomic E-state index is 10.6. The number of nitrogens with one attached hydrogen (secondary N) is 1. The molecule has 13 heavy (non-hydrogen) atoms. The molecular weight excluding hydrogens is 170 g/mol. The molecule has 5 nitrogen and oxygen atoms in total. The Morgan fingerprint density at radius 3 is 3.00 bits per heavy atom. The molecule has 0 saturated carbocycles. The van der Waals surface area contributed by atoms with E-state index < -0.39 is 5.97 Å². The van der Waals surface area contributed by atoms with E-state index in [0.717, 1.165) is 0 Å². The van der Waals surface area contributed by atoms with Crippen molar-refractivity contribution in [1.82, 2.24) is 9.97 Å². The Morgan fingerprint density at radius 1 is 1.54 bits per heavy atom. The zero-order chi connectivity index (χ0) is 9.42. The minimum atomic E-state index is -0.997. The number of imidazole rings is 1. The van der Waals surface area contributed by atoms with Gasteiger partial charge in [-0.05, 0) is 12.1 Å². The zero-order valence-electron chi connectivity index (χ0n) is 6.61. The second kappa shape index (κ2) is 2.48. The Labute approximate surface area is 73.2 Å². The van der Waals surface area contributed by atoms with E-state index in [1.54, 1.807) is 0 Å². The fourth-order valence-electron chi connectivity index (χ4n) is 1.20. The lowest BCUT2D eigenvalue weighted by Gasteiger charge is -1.97. The lowest BCUT2D eigenvalue weighted by Crippen LogP contribution is -1.98. The molecule has 0 bridgehead atoms. The van der Waals surface area contributed by atoms with Gasteiger partial charge in [0, 0.05) is 0 Å². The van der Waals surface area contributed by atoms with Gasteiger partial charge >= 0.3 is 5.97 Å². The first-order valence-electron chi connectivity index (χ1n) is 3.64. The molecule has 0 atom stereocenters. The molecule has 0 unspecified atom stereocenters. The number of carboxylic acid groups (broad SMARTS) is 1. The number of aromatic amines is 1. The number of benzene rings is 1. The van der Waals surface area contributed by atoms with Crippen LogP contribution in [0.25, 0.3) is 11.0 Å². The molecule has 66 valence electrons. The molecule has 0 spiro atoms. The van der Waals surface area contributed by atoms with Crippen molar-refractivity contribution in [2.24, 2.45) is 0 Å². The highest BCUT2D eigenvalue weighted by Crippen LogP contribution is 2.19. The Kier molecular flexibility index (Phi) is 1.45. The minimum absolute atomic E-state index is 0.161. The lowest BCUT2D eigenvalue weighted by molar-refractivity contribution is 0.0697. The maximum Gasteiger partial charge on any atom is 0.335 e. The summed E-state index contributed by atoms with van der Waals surface area (Å²) in [5.41, 5.74) is 7.36. The Morgan fingerprint density at radius 2 is 2.31 bits per heavy atom. The number of fused-ring (bicyclic) bond motifs is 1. The van der Waals surface area contributed by atoms with E-state index in [4.69, 9.17) is 10.8 Å². The van der Waals surface area contributed by atoms with Crippen molar-refractivity contribution in [2.45, 2.75) is 0 Å². The molecule has 0 amide bonds. The van der Waals surface area contributed by atoms with Gasteiger partial charge in [-0.25, -0.2) is 9.78 Å². The maximum atomic E-state index is 10.6. The third kappa shape index (κ3) is 1.10. The van der Waals surface area contributed by atoms with E-state index in [1.165, 1.54) is 18.5 Å². The summed E-state index contributed by atoms with van der Waals surface area (Å²) in [6.45, 7) is 0. The van der Waals surface area contributed by atoms with Crippen molar-refractivity contribution in [2.75, 3.05) is 5.73 Å². The van der Waals surface area contributed by atoms with Gasteiger partial charge in [0.25, 0.3) is 0 Å². The summed E-state index contributed by atoms with van der Waals surface area (Å²) in [5, 5.41) is 8.72. The van der Waals surface area contributed by atoms with Crippen LogP contribution in [0, 0.1) is 0 Å². The molecule has 5 heteroatoms. The molecule has 0 aliphatic rings. The van der Waals surface area contributed by atoms with E-state index in [9.17, 15) is 4.79 Å². The average Bonchev–Trinajstić information content (AvgIpc) is 2.51. The molecular formula is C8H7N3O2. The number of aromatic carboxylic acids is 1. The van der Waals surface area contributed by atoms with Crippen molar-refractivity contribution in [3.63, 3.8) is 0 Å². The van der Waals surface area contributed by atoms with E-state index >= 15 is 0 Å². The number of carboxylic acids is 1. The third-order valence-electron chi connectivity index (χ3n) is 1.80. The van der Waals surface area contributed by atoms with E-state index in [2.05, 4.69) is 9.97 Å². The first kappa shape index (κ1) is 7.60. The number of nitrogen functional groups attached to an aromatic ring is 1. The highest BCUT2D eigenvalue weighted by molar-refractivity contribution is 5.97. The molecule has 1 heterocycles. The second-order valence-corrected chi connectivity index (χ2v) is 2.67. The van der Waals surface area contributed by atoms with Crippen LogP contribution in [0.15, 0.2) is 18.5 Å². The zero-order valence-corrected chi connectivity index (χ0v) is 6.61. The topological polar surface area (TPSA) is 92.0 Å². The van der Waals surface area contributed by atoms with Gasteiger partial charge in [0.2, 0.25) is 0 Å². The summed E-state index contributed by atoms with van der Waals surface area (Å²) in [7, 11) is 0. The number of aromatic nitrogens is 2. The number of anilines is 1. The highest BCUT2D eigenvalue weighted by atomic mass is 16.4. The second-order valence-electron chi connectivity index (χ2n) is 2.67. The van der Waals surface area contributed by atoms with Gasteiger partial charge in [0.1, 0.15) is 5.52 Å². The SMILES string of the molecule is Nc1cc(C(=O)O)cc2[nH]cnc12. The van der Waals surface area contributed by atoms with Crippen LogP contribution in [0.2, 0.25) is 0 Å². The predicted octanol–water partition coefficient (Wildman–Crippen LogP) is 0.843. The number of nitrogens with two attached hydrogens (primary N) is 1. The van der Waals surface area contributed by atoms with Crippen molar-refractivity contribution in [3.8, 4) is 0 Å². The molecule has 2 rings (SSSR count). The predicted molar refractivity (Wildman–Crippen MR) is 47.5 cm³/mol. The van der Waals surface area contributed by atoms with Crippen molar-refractivity contribution >= 4 is 22.7 Å². The summed E-state index contributed by atoms with van der Waals surface area (Å²) in [5.74, 6) is -0.997. The summed E-state index contributed by atoms with van der Waals surface area (Å²) in [6.07, 6.45) is 1.48. The van der Waals surface area contributed by atoms with Gasteiger partial charge in [0.05, 0.1) is 23.1 Å². The molecule has 1 aromatic carbocycles. The summed E-state index contributed by atoms with van der Waals surface area (Å²) < 4.78 is 0. The molecule has 0 aliphatic carbocycles. The Balaban J connectivity index is 2.77. The molecule has 0 aliphatic heterocycles. The van der Waals surface area contributed by atoms with Crippen LogP contribution in [0.5, 0.6) is 0 Å². The number of H-pyrrole nitrogens is 1. The number of hydrogen-bond donors (Lipinski definition) is 3. The van der Waals surface area contributed by atoms with Crippen LogP contribution < -0.4 is 5.73 Å². The fourth-order valence-corrected chi connectivity index (χ4v) is 1.20. The lowest BCUT2D eigenvalue weighted by atomic mass is 10.2. The summed E-state index contributed by atoms with van der Waals surface area (Å²) >= 11 is 0. The average molecular weight is 177 g/mol. The van der Waals surface area contributed by atoms with Crippen LogP contribution in [-0.2, 0) is 0 Å². The van der Waals surface area contributed by atoms with Crippen LogP contribution in [0.3, 0.4) is 0 Å². The minimum Gasteiger partial charge on any atom is -0.478 e. The Bertz CT molecular complexity index is 475. The standard InChI is InChI=1S/C8H7N3O2/c9-5-1-4(8(12)13)2-6-7(5)11-3-10-6/h1-3H,9H2,(H,10,11)(H,12,13). The monoisotopic (exact) mass is 177 g/mol. The molecule has 4 N–H and O–H groups in total. The van der Waals surface area contributed by atoms with Crippen molar-refractivity contribution in [3.05, 3.63) is 24.0 Å². The van der Waals surface area contributed by atoms with E-state index in [-0.39, 0.29) is 5.56 Å². The number of carbonyl (C=O) groups is 1. The quantitative estimate of drug-likeness (QED) is 0.563. The molecule has 1 aromatic heterocycles. The molecule has 0 saturated heterocycles. The molecule has 2 aromatic rings. The van der Waals surface area contributed by atoms with Gasteiger partial charge in [-0.2, -0.15) is 0 Å². The van der Waals surface area contributed by atoms with Crippen LogP contribution in [0.1, 0.15) is 10.4 Å². The first-order valence-corrected chi connectivity index (χ1v) is 3.64. The number of hydrogen-bond acceptors (Lipinski definition) is 3. The fraction of sp³-hybridized carbons (Fsp3) is 0. The van der Waals surface area contributed by atoms with Gasteiger partial charge in [-0.1, -0.05) is 0 Å². The van der Waals surface area contributed by atoms with Crippen molar-refractivity contribution in [1.29, 1.82) is 0 Å². The summed E-state index contributed by atoms with van der Waals surface area (Å²) in [4.78, 5) is 17.4. The number of nitrogens with zero attached hydrogens (tertiary/aromatic N) is 1. The van der Waals surface area contributed by atoms with E-state index in [0.29, 0.717) is 16.7 Å². The van der Waals surface area contributed by atoms with Crippen molar-refractivity contribution < 1.29 is 9.90 Å². The molecule has 0 fully saturated rings. The Hall–Kier alpha value is -2.04. The normalized spacial score (nSPS) is 10.5. The third-order valence-corrected chi connectivity index (χ3v) is 1.80. The van der Waals surface area contributed by atoms with Crippen LogP contribution in [-0.4, -0.2) is 21.0 Å². The summed E-state index contributed by atoms with van der Waals surface area (Å²) in [6, 6.07) is 2.90. The smallest absolute Gasteiger partial charge is 0.335 e. The van der Waals surface area contributed by atoms with Gasteiger partial charge in [0.15, 0.2) is 0 Å². The van der Waals surface area contributed by atoms with Crippen LogP contribution in [0.4, 0.5) is 5.69 Å². The van der Waals surface area contributed by atoms with Gasteiger partial charge in [-0.3, -0.25) is 0 Å². The van der Waals surface area contributed by atoms with Gasteiger partial charge in [-0.15, -0.1) is 0 Å². The largest absolute Gasteiger partial charge is 0.478 e. The number of rotatable bonds is 1. The van der Waals surface area contributed by atoms with Crippen LogP contribution >= 0.6 is 0 Å². The highest BCUT2D eigenvalue weighted by Gasteiger charge is 2.08. The molecule has 0 radical (unpaired) electrons. The first-order chi connectivity index (χ1) is 6.18. The van der Waals surface area contributed by atoms with Gasteiger partial charge < -0.3 is 15.8 Å². The van der Waals surface area contributed by atoms with E-state index in [1.807, 2.05) is 0 Å².